The molecule has 0 saturated carbocycles. The quantitative estimate of drug-likeness (QED) is 0.202. The van der Waals surface area contributed by atoms with Crippen molar-refractivity contribution in [3.63, 3.8) is 0 Å². The summed E-state index contributed by atoms with van der Waals surface area (Å²) in [5.41, 5.74) is 8.42. The molecule has 2 aliphatic rings. The van der Waals surface area contributed by atoms with E-state index in [1.54, 1.807) is 30.1 Å². The van der Waals surface area contributed by atoms with Crippen molar-refractivity contribution in [1.82, 2.24) is 5.32 Å². The van der Waals surface area contributed by atoms with Crippen molar-refractivity contribution in [2.24, 2.45) is 4.99 Å². The zero-order valence-electron chi connectivity index (χ0n) is 20.6. The SMILES string of the molecule is CN1C(=O)C(NC(=S)Nc2ccc3c(c2)Cc2cc(Br)ccc2-3)N=C(c2ccccc2Cl)c2cc(Cl)ccc21. The number of aliphatic imine (C=N–C) groups is 1. The molecular weight excluding hydrogens is 615 g/mol. The summed E-state index contributed by atoms with van der Waals surface area (Å²) in [6, 6.07) is 25.3. The first-order chi connectivity index (χ1) is 18.8. The fraction of sp³-hybridized carbons (Fsp3) is 0.100. The molecule has 1 unspecified atom stereocenters. The molecule has 2 N–H and O–H groups in total. The minimum absolute atomic E-state index is 0.264. The Hall–Kier alpha value is -3.23. The third kappa shape index (κ3) is 4.96. The molecule has 4 aromatic carbocycles. The highest BCUT2D eigenvalue weighted by Gasteiger charge is 2.31. The zero-order valence-corrected chi connectivity index (χ0v) is 24.5. The van der Waals surface area contributed by atoms with Crippen LogP contribution in [0.5, 0.6) is 0 Å². The Kier molecular flexibility index (Phi) is 6.93. The van der Waals surface area contributed by atoms with Gasteiger partial charge in [0.2, 0.25) is 6.17 Å². The Morgan fingerprint density at radius 3 is 2.49 bits per heavy atom. The highest BCUT2D eigenvalue weighted by atomic mass is 79.9. The Bertz CT molecular complexity index is 1710. The summed E-state index contributed by atoms with van der Waals surface area (Å²) in [6.07, 6.45) is -0.138. The molecular formula is C30H21BrCl2N4OS. The summed E-state index contributed by atoms with van der Waals surface area (Å²) < 4.78 is 1.07. The van der Waals surface area contributed by atoms with E-state index in [9.17, 15) is 4.79 Å². The van der Waals surface area contributed by atoms with Crippen molar-refractivity contribution in [3.8, 4) is 11.1 Å². The number of fused-ring (bicyclic) bond motifs is 4. The molecule has 39 heavy (non-hydrogen) atoms. The van der Waals surface area contributed by atoms with Gasteiger partial charge in [0.05, 0.1) is 11.4 Å². The van der Waals surface area contributed by atoms with Crippen LogP contribution in [0, 0.1) is 0 Å². The lowest BCUT2D eigenvalue weighted by atomic mass is 10.00. The summed E-state index contributed by atoms with van der Waals surface area (Å²) in [4.78, 5) is 19.9. The van der Waals surface area contributed by atoms with E-state index in [0.717, 1.165) is 16.6 Å². The van der Waals surface area contributed by atoms with E-state index in [4.69, 9.17) is 40.4 Å². The van der Waals surface area contributed by atoms with Gasteiger partial charge < -0.3 is 15.5 Å². The molecule has 6 rings (SSSR count). The number of nitrogens with one attached hydrogen (secondary N) is 2. The third-order valence-corrected chi connectivity index (χ3v) is 8.17. The monoisotopic (exact) mass is 634 g/mol. The molecule has 0 bridgehead atoms. The van der Waals surface area contributed by atoms with Gasteiger partial charge in [-0.1, -0.05) is 69.5 Å². The lowest BCUT2D eigenvalue weighted by molar-refractivity contribution is -0.119. The number of benzene rings is 4. The molecule has 1 atom stereocenters. The van der Waals surface area contributed by atoms with Gasteiger partial charge in [-0.25, -0.2) is 4.99 Å². The summed E-state index contributed by atoms with van der Waals surface area (Å²) in [6.45, 7) is 0. The lowest BCUT2D eigenvalue weighted by Crippen LogP contribution is -2.47. The normalized spacial score (nSPS) is 15.6. The van der Waals surface area contributed by atoms with Crippen LogP contribution in [0.4, 0.5) is 11.4 Å². The van der Waals surface area contributed by atoms with Crippen molar-refractivity contribution in [1.29, 1.82) is 0 Å². The molecule has 1 aliphatic carbocycles. The number of anilines is 2. The summed E-state index contributed by atoms with van der Waals surface area (Å²) in [5, 5.41) is 7.67. The van der Waals surface area contributed by atoms with Gasteiger partial charge in [0, 0.05) is 38.4 Å². The Labute approximate surface area is 250 Å². The van der Waals surface area contributed by atoms with Gasteiger partial charge >= 0.3 is 0 Å². The van der Waals surface area contributed by atoms with Crippen molar-refractivity contribution in [3.05, 3.63) is 116 Å². The van der Waals surface area contributed by atoms with Gasteiger partial charge in [-0.3, -0.25) is 4.79 Å². The van der Waals surface area contributed by atoms with Crippen LogP contribution >= 0.6 is 51.3 Å². The zero-order chi connectivity index (χ0) is 27.3. The number of thiocarbonyl (C=S) groups is 1. The number of carbonyl (C=O) groups is 1. The van der Waals surface area contributed by atoms with Crippen LogP contribution in [0.25, 0.3) is 11.1 Å². The molecule has 194 valence electrons. The molecule has 0 radical (unpaired) electrons. The maximum absolute atomic E-state index is 13.5. The van der Waals surface area contributed by atoms with Crippen molar-refractivity contribution >= 4 is 79.5 Å². The minimum Gasteiger partial charge on any atom is -0.333 e. The molecule has 1 aliphatic heterocycles. The topological polar surface area (TPSA) is 56.7 Å². The van der Waals surface area contributed by atoms with Crippen LogP contribution in [-0.4, -0.2) is 29.9 Å². The van der Waals surface area contributed by atoms with E-state index < -0.39 is 6.17 Å². The minimum atomic E-state index is -0.983. The van der Waals surface area contributed by atoms with Gasteiger partial charge in [0.1, 0.15) is 0 Å². The number of benzodiazepines with no additional fused rings is 1. The van der Waals surface area contributed by atoms with E-state index in [2.05, 4.69) is 56.9 Å². The van der Waals surface area contributed by atoms with Crippen LogP contribution in [0.1, 0.15) is 22.3 Å². The second kappa shape index (κ2) is 10.4. The number of nitrogens with zero attached hydrogens (tertiary/aromatic N) is 2. The molecule has 0 saturated heterocycles. The van der Waals surface area contributed by atoms with E-state index >= 15 is 0 Å². The van der Waals surface area contributed by atoms with Gasteiger partial charge in [-0.2, -0.15) is 0 Å². The summed E-state index contributed by atoms with van der Waals surface area (Å²) in [7, 11) is 1.71. The third-order valence-electron chi connectivity index (χ3n) is 6.90. The first kappa shape index (κ1) is 26.0. The van der Waals surface area contributed by atoms with Crippen molar-refractivity contribution in [2.75, 3.05) is 17.3 Å². The van der Waals surface area contributed by atoms with Crippen molar-refractivity contribution < 1.29 is 4.79 Å². The number of likely N-dealkylation sites (N-methyl/N-ethyl adjacent to an activating group) is 1. The van der Waals surface area contributed by atoms with Crippen LogP contribution in [0.15, 0.2) is 88.3 Å². The second-order valence-electron chi connectivity index (χ2n) is 9.37. The van der Waals surface area contributed by atoms with Crippen LogP contribution < -0.4 is 15.5 Å². The Morgan fingerprint density at radius 2 is 1.69 bits per heavy atom. The second-order valence-corrected chi connectivity index (χ2v) is 11.5. The molecule has 0 aromatic heterocycles. The highest BCUT2D eigenvalue weighted by molar-refractivity contribution is 9.10. The molecule has 4 aromatic rings. The largest absolute Gasteiger partial charge is 0.333 e. The van der Waals surface area contributed by atoms with E-state index in [1.807, 2.05) is 30.3 Å². The standard InChI is InChI=1S/C30H21BrCl2N4OS/c1-37-26-11-7-19(32)15-24(26)27(23-4-2-3-5-25(23)33)35-28(29(37)38)36-30(39)34-20-8-10-22-17(14-20)12-16-13-18(31)6-9-21(16)22/h2-11,13-15,28H,12H2,1H3,(H2,34,36,39). The highest BCUT2D eigenvalue weighted by Crippen LogP contribution is 2.39. The Balaban J connectivity index is 1.29. The number of hydrogen-bond donors (Lipinski definition) is 2. The molecule has 5 nitrogen and oxygen atoms in total. The predicted octanol–water partition coefficient (Wildman–Crippen LogP) is 7.45. The summed E-state index contributed by atoms with van der Waals surface area (Å²) in [5.74, 6) is -0.264. The number of rotatable bonds is 3. The molecule has 1 amide bonds. The fourth-order valence-electron chi connectivity index (χ4n) is 5.06. The average molecular weight is 636 g/mol. The predicted molar refractivity (Wildman–Crippen MR) is 167 cm³/mol. The number of hydrogen-bond acceptors (Lipinski definition) is 3. The number of carbonyl (C=O) groups excluding carboxylic acids is 1. The average Bonchev–Trinajstić information content (AvgIpc) is 3.23. The number of halogens is 3. The van der Waals surface area contributed by atoms with Gasteiger partial charge in [-0.05, 0) is 89.4 Å². The smallest absolute Gasteiger partial charge is 0.272 e. The first-order valence-corrected chi connectivity index (χ1v) is 14.1. The van der Waals surface area contributed by atoms with Gasteiger partial charge in [0.25, 0.3) is 5.91 Å². The fourth-order valence-corrected chi connectivity index (χ4v) is 6.09. The van der Waals surface area contributed by atoms with Crippen molar-refractivity contribution in [2.45, 2.75) is 12.6 Å². The maximum atomic E-state index is 13.5. The summed E-state index contributed by atoms with van der Waals surface area (Å²) >= 11 is 22.1. The molecule has 0 fully saturated rings. The van der Waals surface area contributed by atoms with Gasteiger partial charge in [-0.15, -0.1) is 0 Å². The van der Waals surface area contributed by atoms with Crippen LogP contribution in [-0.2, 0) is 11.2 Å². The van der Waals surface area contributed by atoms with E-state index in [-0.39, 0.29) is 11.0 Å². The number of amides is 1. The molecule has 1 heterocycles. The maximum Gasteiger partial charge on any atom is 0.272 e. The van der Waals surface area contributed by atoms with E-state index in [1.165, 1.54) is 22.3 Å². The van der Waals surface area contributed by atoms with E-state index in [0.29, 0.717) is 32.6 Å². The van der Waals surface area contributed by atoms with Gasteiger partial charge in [0.15, 0.2) is 5.11 Å². The first-order valence-electron chi connectivity index (χ1n) is 12.2. The lowest BCUT2D eigenvalue weighted by Gasteiger charge is -2.22. The van der Waals surface area contributed by atoms with Crippen LogP contribution in [0.3, 0.4) is 0 Å². The Morgan fingerprint density at radius 1 is 0.949 bits per heavy atom. The van der Waals surface area contributed by atoms with Crippen LogP contribution in [0.2, 0.25) is 10.0 Å². The molecule has 9 heteroatoms. The molecule has 0 spiro atoms.